The number of methoxy groups -OCH3 is 1. The first-order valence-electron chi connectivity index (χ1n) is 10.6. The molecule has 1 aromatic heterocycles. The number of piperidine rings is 1. The third-order valence-electron chi connectivity index (χ3n) is 5.60. The van der Waals surface area contributed by atoms with Gasteiger partial charge in [0.1, 0.15) is 18.2 Å². The van der Waals surface area contributed by atoms with E-state index < -0.39 is 0 Å². The van der Waals surface area contributed by atoms with E-state index in [9.17, 15) is 4.79 Å². The van der Waals surface area contributed by atoms with Crippen LogP contribution < -0.4 is 14.8 Å². The number of likely N-dealkylation sites (tertiary alicyclic amines) is 1. The Bertz CT molecular complexity index is 1180. The highest BCUT2D eigenvalue weighted by molar-refractivity contribution is 6.33. The van der Waals surface area contributed by atoms with Gasteiger partial charge in [-0.1, -0.05) is 29.8 Å². The summed E-state index contributed by atoms with van der Waals surface area (Å²) >= 11 is 12.4. The molecule has 0 radical (unpaired) electrons. The highest BCUT2D eigenvalue weighted by atomic mass is 35.5. The van der Waals surface area contributed by atoms with E-state index in [-0.39, 0.29) is 12.0 Å². The lowest BCUT2D eigenvalue weighted by Crippen LogP contribution is -2.41. The minimum Gasteiger partial charge on any atom is -0.493 e. The quantitative estimate of drug-likeness (QED) is 0.467. The molecule has 1 aliphatic heterocycles. The van der Waals surface area contributed by atoms with Gasteiger partial charge in [0, 0.05) is 54.0 Å². The Morgan fingerprint density at radius 1 is 1.21 bits per heavy atom. The fourth-order valence-corrected chi connectivity index (χ4v) is 4.20. The van der Waals surface area contributed by atoms with Gasteiger partial charge in [-0.3, -0.25) is 4.79 Å². The Labute approximate surface area is 202 Å². The van der Waals surface area contributed by atoms with Crippen LogP contribution in [0.15, 0.2) is 49.3 Å². The van der Waals surface area contributed by atoms with Crippen LogP contribution in [0.2, 0.25) is 10.0 Å². The number of ether oxygens (including phenoxy) is 2. The number of nitrogens with one attached hydrogen (secondary N) is 1. The normalized spacial score (nSPS) is 14.2. The summed E-state index contributed by atoms with van der Waals surface area (Å²) in [5.74, 6) is 1.80. The zero-order valence-corrected chi connectivity index (χ0v) is 19.7. The number of anilines is 1. The van der Waals surface area contributed by atoms with Gasteiger partial charge < -0.3 is 19.7 Å². The fraction of sp³-hybridized carbons (Fsp3) is 0.292. The zero-order valence-electron chi connectivity index (χ0n) is 18.2. The van der Waals surface area contributed by atoms with Crippen LogP contribution in [0, 0.1) is 0 Å². The van der Waals surface area contributed by atoms with E-state index in [0.717, 1.165) is 29.3 Å². The number of hydrogen-bond acceptors (Lipinski definition) is 6. The summed E-state index contributed by atoms with van der Waals surface area (Å²) in [6, 6.07) is 9.06. The second-order valence-electron chi connectivity index (χ2n) is 7.68. The van der Waals surface area contributed by atoms with E-state index >= 15 is 0 Å². The molecule has 0 spiro atoms. The lowest BCUT2D eigenvalue weighted by molar-refractivity contribution is -0.127. The number of halogens is 2. The van der Waals surface area contributed by atoms with Crippen LogP contribution in [0.4, 0.5) is 5.82 Å². The standard InChI is InChI=1S/C24H24Cl2N4O3/c1-3-23(31)30-8-6-17(7-9-30)33-22-11-18-20(12-21(22)32-2)28-14-29-24(18)27-13-15-10-16(25)4-5-19(15)26/h3-5,10-12,14,17H,1,6-9,13H2,2H3,(H,27,28,29). The molecule has 2 aromatic carbocycles. The third-order valence-corrected chi connectivity index (χ3v) is 6.20. The van der Waals surface area contributed by atoms with Gasteiger partial charge in [0.2, 0.25) is 5.91 Å². The van der Waals surface area contributed by atoms with Gasteiger partial charge in [0.15, 0.2) is 11.5 Å². The van der Waals surface area contributed by atoms with E-state index in [1.807, 2.05) is 18.2 Å². The van der Waals surface area contributed by atoms with Crippen LogP contribution >= 0.6 is 23.2 Å². The molecular weight excluding hydrogens is 463 g/mol. The molecule has 1 N–H and O–H groups in total. The van der Waals surface area contributed by atoms with Crippen LogP contribution in [-0.2, 0) is 11.3 Å². The number of rotatable bonds is 7. The number of carbonyl (C=O) groups excluding carboxylic acids is 1. The molecule has 7 nitrogen and oxygen atoms in total. The summed E-state index contributed by atoms with van der Waals surface area (Å²) in [6.07, 6.45) is 4.26. The first-order chi connectivity index (χ1) is 16.0. The molecule has 2 heterocycles. The van der Waals surface area contributed by atoms with Crippen molar-refractivity contribution < 1.29 is 14.3 Å². The van der Waals surface area contributed by atoms with Crippen LogP contribution in [0.5, 0.6) is 11.5 Å². The minimum absolute atomic E-state index is 0.0310. The van der Waals surface area contributed by atoms with Gasteiger partial charge in [-0.05, 0) is 35.9 Å². The van der Waals surface area contributed by atoms with Crippen molar-refractivity contribution in [3.63, 3.8) is 0 Å². The van der Waals surface area contributed by atoms with E-state index in [2.05, 4.69) is 21.9 Å². The van der Waals surface area contributed by atoms with Crippen LogP contribution in [0.3, 0.4) is 0 Å². The van der Waals surface area contributed by atoms with Crippen molar-refractivity contribution in [2.45, 2.75) is 25.5 Å². The van der Waals surface area contributed by atoms with E-state index in [0.29, 0.717) is 47.0 Å². The molecule has 172 valence electrons. The number of nitrogens with zero attached hydrogens (tertiary/aromatic N) is 3. The molecule has 0 unspecified atom stereocenters. The molecule has 1 fully saturated rings. The number of carbonyl (C=O) groups is 1. The Morgan fingerprint density at radius 3 is 2.73 bits per heavy atom. The largest absolute Gasteiger partial charge is 0.493 e. The fourth-order valence-electron chi connectivity index (χ4n) is 3.82. The maximum absolute atomic E-state index is 11.8. The molecule has 4 rings (SSSR count). The van der Waals surface area contributed by atoms with Gasteiger partial charge in [-0.15, -0.1) is 0 Å². The number of amides is 1. The number of benzene rings is 2. The van der Waals surface area contributed by atoms with E-state index in [1.165, 1.54) is 12.4 Å². The molecule has 0 atom stereocenters. The number of aromatic nitrogens is 2. The van der Waals surface area contributed by atoms with Crippen molar-refractivity contribution in [2.75, 3.05) is 25.5 Å². The summed E-state index contributed by atoms with van der Waals surface area (Å²) in [5, 5.41) is 5.36. The van der Waals surface area contributed by atoms with Gasteiger partial charge in [-0.25, -0.2) is 9.97 Å². The second kappa shape index (κ2) is 10.3. The summed E-state index contributed by atoms with van der Waals surface area (Å²) in [4.78, 5) is 22.4. The van der Waals surface area contributed by atoms with Crippen LogP contribution in [-0.4, -0.2) is 47.1 Å². The van der Waals surface area contributed by atoms with Crippen LogP contribution in [0.1, 0.15) is 18.4 Å². The van der Waals surface area contributed by atoms with Crippen LogP contribution in [0.25, 0.3) is 10.9 Å². The molecule has 1 amide bonds. The molecule has 0 aliphatic carbocycles. The van der Waals surface area contributed by atoms with Crippen molar-refractivity contribution in [1.82, 2.24) is 14.9 Å². The first kappa shape index (κ1) is 23.1. The Balaban J connectivity index is 1.55. The summed E-state index contributed by atoms with van der Waals surface area (Å²) in [7, 11) is 1.60. The molecule has 0 bridgehead atoms. The molecular formula is C24H24Cl2N4O3. The lowest BCUT2D eigenvalue weighted by Gasteiger charge is -2.31. The summed E-state index contributed by atoms with van der Waals surface area (Å²) < 4.78 is 11.8. The monoisotopic (exact) mass is 486 g/mol. The predicted molar refractivity (Wildman–Crippen MR) is 130 cm³/mol. The van der Waals surface area contributed by atoms with Gasteiger partial charge >= 0.3 is 0 Å². The van der Waals surface area contributed by atoms with Gasteiger partial charge in [0.05, 0.1) is 12.6 Å². The van der Waals surface area contributed by atoms with Gasteiger partial charge in [-0.2, -0.15) is 0 Å². The highest BCUT2D eigenvalue weighted by Gasteiger charge is 2.24. The van der Waals surface area contributed by atoms with Crippen molar-refractivity contribution in [1.29, 1.82) is 0 Å². The van der Waals surface area contributed by atoms with E-state index in [4.69, 9.17) is 32.7 Å². The second-order valence-corrected chi connectivity index (χ2v) is 8.52. The number of hydrogen-bond donors (Lipinski definition) is 1. The molecule has 0 saturated carbocycles. The van der Waals surface area contributed by atoms with E-state index in [1.54, 1.807) is 24.1 Å². The van der Waals surface area contributed by atoms with Gasteiger partial charge in [0.25, 0.3) is 0 Å². The summed E-state index contributed by atoms with van der Waals surface area (Å²) in [6.45, 7) is 5.26. The van der Waals surface area contributed by atoms with Crippen molar-refractivity contribution in [3.8, 4) is 11.5 Å². The Morgan fingerprint density at radius 2 is 2.00 bits per heavy atom. The van der Waals surface area contributed by atoms with Crippen molar-refractivity contribution >= 4 is 45.8 Å². The molecule has 1 saturated heterocycles. The summed E-state index contributed by atoms with van der Waals surface area (Å²) in [5.41, 5.74) is 1.59. The predicted octanol–water partition coefficient (Wildman–Crippen LogP) is 5.11. The van der Waals surface area contributed by atoms with Crippen molar-refractivity contribution in [3.05, 3.63) is 64.9 Å². The third kappa shape index (κ3) is 5.31. The maximum atomic E-state index is 11.8. The number of fused-ring (bicyclic) bond motifs is 1. The maximum Gasteiger partial charge on any atom is 0.245 e. The molecule has 33 heavy (non-hydrogen) atoms. The Kier molecular flexibility index (Phi) is 7.20. The molecule has 1 aliphatic rings. The van der Waals surface area contributed by atoms with Crippen molar-refractivity contribution in [2.24, 2.45) is 0 Å². The SMILES string of the molecule is C=CC(=O)N1CCC(Oc2cc3c(NCc4cc(Cl)ccc4Cl)ncnc3cc2OC)CC1. The minimum atomic E-state index is -0.0515. The topological polar surface area (TPSA) is 76.6 Å². The average Bonchev–Trinajstić information content (AvgIpc) is 2.84. The lowest BCUT2D eigenvalue weighted by atomic mass is 10.1. The highest BCUT2D eigenvalue weighted by Crippen LogP contribution is 2.36. The molecule has 3 aromatic rings. The smallest absolute Gasteiger partial charge is 0.245 e. The molecule has 9 heteroatoms. The average molecular weight is 487 g/mol. The zero-order chi connectivity index (χ0) is 23.4. The first-order valence-corrected chi connectivity index (χ1v) is 11.3. The Hall–Kier alpha value is -3.03.